The van der Waals surface area contributed by atoms with Crippen LogP contribution in [0.15, 0.2) is 45.6 Å². The maximum atomic E-state index is 12.9. The topological polar surface area (TPSA) is 88.9 Å². The van der Waals surface area contributed by atoms with E-state index < -0.39 is 6.04 Å². The molecular weight excluding hydrogens is 358 g/mol. The Hall–Kier alpha value is -2.54. The summed E-state index contributed by atoms with van der Waals surface area (Å²) in [5, 5.41) is 5.82. The van der Waals surface area contributed by atoms with E-state index in [9.17, 15) is 9.59 Å². The van der Waals surface area contributed by atoms with Gasteiger partial charge in [0.05, 0.1) is 32.2 Å². The number of piperidine rings is 1. The normalized spacial score (nSPS) is 17.2. The minimum atomic E-state index is -0.633. The van der Waals surface area contributed by atoms with E-state index in [1.54, 1.807) is 18.4 Å². The Morgan fingerprint density at radius 3 is 2.39 bits per heavy atom. The van der Waals surface area contributed by atoms with E-state index in [4.69, 9.17) is 8.83 Å². The predicted octanol–water partition coefficient (Wildman–Crippen LogP) is 1.55. The van der Waals surface area contributed by atoms with Crippen LogP contribution in [0.1, 0.15) is 55.5 Å². The first kappa shape index (κ1) is 20.2. The quantitative estimate of drug-likeness (QED) is 0.640. The molecule has 152 valence electrons. The number of quaternary nitrogens is 1. The van der Waals surface area contributed by atoms with Gasteiger partial charge in [0.1, 0.15) is 6.04 Å². The van der Waals surface area contributed by atoms with Gasteiger partial charge in [0.15, 0.2) is 17.6 Å². The van der Waals surface area contributed by atoms with Gasteiger partial charge in [0.2, 0.25) is 5.91 Å². The first-order valence-corrected chi connectivity index (χ1v) is 10.1. The lowest BCUT2D eigenvalue weighted by Crippen LogP contribution is -3.13. The van der Waals surface area contributed by atoms with Gasteiger partial charge in [-0.25, -0.2) is 0 Å². The molecule has 0 spiro atoms. The lowest BCUT2D eigenvalue weighted by atomic mass is 10.0. The second-order valence-electron chi connectivity index (χ2n) is 7.70. The lowest BCUT2D eigenvalue weighted by Gasteiger charge is -2.31. The molecule has 1 saturated heterocycles. The number of nitrogens with one attached hydrogen (secondary N) is 3. The third-order valence-electron chi connectivity index (χ3n) is 5.34. The van der Waals surface area contributed by atoms with Gasteiger partial charge >= 0.3 is 0 Å². The molecule has 0 aliphatic carbocycles. The van der Waals surface area contributed by atoms with E-state index in [0.717, 1.165) is 18.8 Å². The van der Waals surface area contributed by atoms with Gasteiger partial charge < -0.3 is 24.4 Å². The molecule has 7 heteroatoms. The minimum Gasteiger partial charge on any atom is -0.463 e. The molecule has 2 aromatic heterocycles. The maximum Gasteiger partial charge on any atom is 0.287 e. The standard InChI is InChI=1S/C21H29N3O4/c1-15(2)19(23-20(25)18-9-7-13-28-18)21(26)22-14-16(17-8-6-12-27-17)24-10-4-3-5-11-24/h6-9,12-13,15-16,19H,3-5,10-11,14H2,1-2H3,(H,22,26)(H,23,25)/p+1/t16-,19+/m0/s1. The molecule has 2 amide bonds. The van der Waals surface area contributed by atoms with E-state index in [0.29, 0.717) is 6.54 Å². The van der Waals surface area contributed by atoms with E-state index in [2.05, 4.69) is 10.6 Å². The summed E-state index contributed by atoms with van der Waals surface area (Å²) in [5.74, 6) is 0.455. The maximum absolute atomic E-state index is 12.9. The van der Waals surface area contributed by atoms with Crippen LogP contribution in [-0.4, -0.2) is 37.5 Å². The molecule has 3 rings (SSSR count). The molecule has 3 N–H and O–H groups in total. The molecule has 1 aliphatic heterocycles. The van der Waals surface area contributed by atoms with Gasteiger partial charge in [-0.15, -0.1) is 0 Å². The van der Waals surface area contributed by atoms with Gasteiger partial charge in [-0.2, -0.15) is 0 Å². The molecule has 28 heavy (non-hydrogen) atoms. The summed E-state index contributed by atoms with van der Waals surface area (Å²) in [5.41, 5.74) is 0. The molecule has 0 aromatic carbocycles. The van der Waals surface area contributed by atoms with Gasteiger partial charge in [0.25, 0.3) is 5.91 Å². The van der Waals surface area contributed by atoms with Crippen molar-refractivity contribution in [2.24, 2.45) is 5.92 Å². The molecule has 3 heterocycles. The molecule has 2 aromatic rings. The Labute approximate surface area is 165 Å². The van der Waals surface area contributed by atoms with Crippen molar-refractivity contribution in [2.75, 3.05) is 19.6 Å². The lowest BCUT2D eigenvalue weighted by molar-refractivity contribution is -0.936. The number of likely N-dealkylation sites (tertiary alicyclic amines) is 1. The van der Waals surface area contributed by atoms with Crippen molar-refractivity contribution in [3.05, 3.63) is 48.3 Å². The molecule has 0 saturated carbocycles. The fourth-order valence-electron chi connectivity index (χ4n) is 3.76. The van der Waals surface area contributed by atoms with Crippen LogP contribution in [0.25, 0.3) is 0 Å². The number of amides is 2. The third kappa shape index (κ3) is 5.04. The van der Waals surface area contributed by atoms with E-state index >= 15 is 0 Å². The monoisotopic (exact) mass is 388 g/mol. The molecule has 0 radical (unpaired) electrons. The smallest absolute Gasteiger partial charge is 0.287 e. The van der Waals surface area contributed by atoms with Crippen LogP contribution in [0.4, 0.5) is 0 Å². The van der Waals surface area contributed by atoms with Crippen molar-refractivity contribution in [3.63, 3.8) is 0 Å². The Bertz CT molecular complexity index is 734. The van der Waals surface area contributed by atoms with Gasteiger partial charge in [0, 0.05) is 0 Å². The Balaban J connectivity index is 1.63. The van der Waals surface area contributed by atoms with E-state index in [1.165, 1.54) is 30.4 Å². The summed E-state index contributed by atoms with van der Waals surface area (Å²) in [6.07, 6.45) is 6.75. The van der Waals surface area contributed by atoms with E-state index in [-0.39, 0.29) is 29.5 Å². The zero-order chi connectivity index (χ0) is 19.9. The third-order valence-corrected chi connectivity index (χ3v) is 5.34. The van der Waals surface area contributed by atoms with Crippen LogP contribution < -0.4 is 15.5 Å². The average Bonchev–Trinajstić information content (AvgIpc) is 3.40. The van der Waals surface area contributed by atoms with Gasteiger partial charge in [-0.1, -0.05) is 13.8 Å². The second-order valence-corrected chi connectivity index (χ2v) is 7.70. The number of furan rings is 2. The van der Waals surface area contributed by atoms with Crippen molar-refractivity contribution in [1.82, 2.24) is 10.6 Å². The fourth-order valence-corrected chi connectivity index (χ4v) is 3.76. The highest BCUT2D eigenvalue weighted by Gasteiger charge is 2.31. The second kappa shape index (κ2) is 9.59. The fraction of sp³-hybridized carbons (Fsp3) is 0.524. The van der Waals surface area contributed by atoms with E-state index in [1.807, 2.05) is 26.0 Å². The van der Waals surface area contributed by atoms with Gasteiger partial charge in [-0.3, -0.25) is 9.59 Å². The summed E-state index contributed by atoms with van der Waals surface area (Å²) in [4.78, 5) is 26.6. The molecule has 1 fully saturated rings. The molecule has 7 nitrogen and oxygen atoms in total. The number of rotatable bonds is 8. The van der Waals surface area contributed by atoms with Crippen molar-refractivity contribution in [3.8, 4) is 0 Å². The summed E-state index contributed by atoms with van der Waals surface area (Å²) >= 11 is 0. The predicted molar refractivity (Wildman–Crippen MR) is 104 cm³/mol. The van der Waals surface area contributed by atoms with Crippen molar-refractivity contribution in [2.45, 2.75) is 45.2 Å². The minimum absolute atomic E-state index is 0.0525. The van der Waals surface area contributed by atoms with Crippen molar-refractivity contribution >= 4 is 11.8 Å². The first-order valence-electron chi connectivity index (χ1n) is 10.1. The molecule has 0 bridgehead atoms. The molecule has 1 aliphatic rings. The summed E-state index contributed by atoms with van der Waals surface area (Å²) in [6.45, 7) is 6.44. The number of hydrogen-bond acceptors (Lipinski definition) is 4. The molecule has 0 unspecified atom stereocenters. The first-order chi connectivity index (χ1) is 13.6. The van der Waals surface area contributed by atoms with Crippen molar-refractivity contribution in [1.29, 1.82) is 0 Å². The van der Waals surface area contributed by atoms with Gasteiger partial charge in [-0.05, 0) is 49.4 Å². The van der Waals surface area contributed by atoms with Crippen LogP contribution in [0.3, 0.4) is 0 Å². The highest BCUT2D eigenvalue weighted by Crippen LogP contribution is 2.12. The number of carbonyl (C=O) groups excluding carboxylic acids is 2. The Morgan fingerprint density at radius 1 is 1.07 bits per heavy atom. The Kier molecular flexibility index (Phi) is 6.92. The van der Waals surface area contributed by atoms with Crippen LogP contribution in [-0.2, 0) is 4.79 Å². The van der Waals surface area contributed by atoms with Crippen LogP contribution in [0, 0.1) is 5.92 Å². The SMILES string of the molecule is CC(C)[C@@H](NC(=O)c1ccco1)C(=O)NC[C@@H](c1ccco1)[NH+]1CCCCC1. The number of carbonyl (C=O) groups is 2. The summed E-state index contributed by atoms with van der Waals surface area (Å²) in [6, 6.07) is 6.52. The highest BCUT2D eigenvalue weighted by atomic mass is 16.3. The highest BCUT2D eigenvalue weighted by molar-refractivity contribution is 5.95. The Morgan fingerprint density at radius 2 is 1.79 bits per heavy atom. The zero-order valence-corrected chi connectivity index (χ0v) is 16.6. The van der Waals surface area contributed by atoms with Crippen LogP contribution in [0.2, 0.25) is 0 Å². The molecule has 2 atom stereocenters. The summed E-state index contributed by atoms with van der Waals surface area (Å²) in [7, 11) is 0. The zero-order valence-electron chi connectivity index (χ0n) is 16.6. The van der Waals surface area contributed by atoms with Crippen LogP contribution in [0.5, 0.6) is 0 Å². The molecular formula is C21H30N3O4+. The largest absolute Gasteiger partial charge is 0.463 e. The summed E-state index contributed by atoms with van der Waals surface area (Å²) < 4.78 is 10.8. The average molecular weight is 388 g/mol. The van der Waals surface area contributed by atoms with Crippen LogP contribution >= 0.6 is 0 Å². The van der Waals surface area contributed by atoms with Crippen molar-refractivity contribution < 1.29 is 23.3 Å². The number of hydrogen-bond donors (Lipinski definition) is 3.